The number of nitrogens with two attached hydrogens (primary N) is 1. The summed E-state index contributed by atoms with van der Waals surface area (Å²) in [6.45, 7) is 7.27. The number of anilines is 1. The highest BCUT2D eigenvalue weighted by atomic mass is 16.6. The highest BCUT2D eigenvalue weighted by Gasteiger charge is 2.16. The van der Waals surface area contributed by atoms with Gasteiger partial charge in [0.1, 0.15) is 30.3 Å². The number of aliphatic imine (C=N–C) groups is 1. The first-order valence-electron chi connectivity index (χ1n) is 8.29. The summed E-state index contributed by atoms with van der Waals surface area (Å²) in [5, 5.41) is 18.3. The van der Waals surface area contributed by atoms with E-state index in [4.69, 9.17) is 26.0 Å². The lowest BCUT2D eigenvalue weighted by atomic mass is 10.1. The molecule has 26 heavy (non-hydrogen) atoms. The van der Waals surface area contributed by atoms with Crippen molar-refractivity contribution in [1.29, 1.82) is 10.8 Å². The molecule has 0 aliphatic carbocycles. The molecule has 0 heterocycles. The Balaban J connectivity index is 2.76. The summed E-state index contributed by atoms with van der Waals surface area (Å²) in [5.74, 6) is -0.0198. The summed E-state index contributed by atoms with van der Waals surface area (Å²) in [5.41, 5.74) is 5.97. The van der Waals surface area contributed by atoms with Crippen LogP contribution in [0.1, 0.15) is 39.7 Å². The largest absolute Gasteiger partial charge is 0.486 e. The molecule has 0 bridgehead atoms. The zero-order valence-electron chi connectivity index (χ0n) is 15.7. The normalized spacial score (nSPS) is 11.2. The first-order chi connectivity index (χ1) is 12.1. The molecule has 0 spiro atoms. The third-order valence-electron chi connectivity index (χ3n) is 2.93. The van der Waals surface area contributed by atoms with Gasteiger partial charge < -0.3 is 20.5 Å². The molecule has 8 heteroatoms. The van der Waals surface area contributed by atoms with Gasteiger partial charge >= 0.3 is 5.97 Å². The first kappa shape index (κ1) is 21.1. The van der Waals surface area contributed by atoms with Crippen LogP contribution < -0.4 is 15.8 Å². The third-order valence-corrected chi connectivity index (χ3v) is 2.93. The van der Waals surface area contributed by atoms with Crippen LogP contribution in [0.25, 0.3) is 0 Å². The molecule has 0 fully saturated rings. The zero-order valence-corrected chi connectivity index (χ0v) is 15.7. The van der Waals surface area contributed by atoms with Crippen LogP contribution in [0.3, 0.4) is 0 Å². The number of esters is 1. The second-order valence-electron chi connectivity index (χ2n) is 6.52. The molecule has 142 valence electrons. The van der Waals surface area contributed by atoms with E-state index in [1.165, 1.54) is 0 Å². The van der Waals surface area contributed by atoms with E-state index in [2.05, 4.69) is 10.3 Å². The molecule has 5 N–H and O–H groups in total. The molecule has 0 saturated heterocycles. The number of nitrogens with one attached hydrogen (secondary N) is 3. The number of benzene rings is 1. The van der Waals surface area contributed by atoms with E-state index in [1.807, 2.05) is 6.92 Å². The van der Waals surface area contributed by atoms with Crippen molar-refractivity contribution < 1.29 is 14.3 Å². The number of hydrogen-bond acceptors (Lipinski definition) is 6. The Labute approximate surface area is 153 Å². The van der Waals surface area contributed by atoms with Crippen molar-refractivity contribution in [2.45, 2.75) is 39.7 Å². The summed E-state index contributed by atoms with van der Waals surface area (Å²) >= 11 is 0. The average molecular weight is 361 g/mol. The molecule has 8 nitrogen and oxygen atoms in total. The van der Waals surface area contributed by atoms with Crippen LogP contribution in [0.4, 0.5) is 5.69 Å². The van der Waals surface area contributed by atoms with Gasteiger partial charge in [0.2, 0.25) is 0 Å². The van der Waals surface area contributed by atoms with Crippen LogP contribution in [0.5, 0.6) is 5.75 Å². The van der Waals surface area contributed by atoms with E-state index in [9.17, 15) is 4.79 Å². The van der Waals surface area contributed by atoms with E-state index in [-0.39, 0.29) is 24.8 Å². The lowest BCUT2D eigenvalue weighted by Gasteiger charge is -2.20. The fourth-order valence-corrected chi connectivity index (χ4v) is 1.93. The standard InChI is InChI=1S/C18H27N5O3/c1-5-8-22-15(19)11-25-12-6-7-14(13(9-12)17(20)21)23-10-16(24)26-18(2,3)4/h6-9,19,23H,5,10-11H2,1-4H3,(H3,20,21). The van der Waals surface area contributed by atoms with Crippen LogP contribution in [0.2, 0.25) is 0 Å². The number of carbonyl (C=O) groups excluding carboxylic acids is 1. The Bertz CT molecular complexity index is 693. The highest BCUT2D eigenvalue weighted by molar-refractivity contribution is 6.01. The number of ether oxygens (including phenoxy) is 2. The van der Waals surface area contributed by atoms with E-state index in [0.29, 0.717) is 17.0 Å². The molecule has 0 amide bonds. The van der Waals surface area contributed by atoms with Crippen molar-refractivity contribution >= 4 is 29.5 Å². The minimum Gasteiger partial charge on any atom is -0.486 e. The summed E-state index contributed by atoms with van der Waals surface area (Å²) < 4.78 is 10.7. The van der Waals surface area contributed by atoms with Crippen LogP contribution >= 0.6 is 0 Å². The van der Waals surface area contributed by atoms with Crippen LogP contribution in [-0.4, -0.2) is 42.6 Å². The number of carbonyl (C=O) groups is 1. The summed E-state index contributed by atoms with van der Waals surface area (Å²) in [4.78, 5) is 15.7. The predicted molar refractivity (Wildman–Crippen MR) is 104 cm³/mol. The predicted octanol–water partition coefficient (Wildman–Crippen LogP) is 2.56. The fraction of sp³-hybridized carbons (Fsp3) is 0.444. The van der Waals surface area contributed by atoms with Crippen LogP contribution in [0, 0.1) is 10.8 Å². The van der Waals surface area contributed by atoms with Gasteiger partial charge in [-0.05, 0) is 45.4 Å². The Kier molecular flexibility index (Phi) is 7.77. The number of rotatable bonds is 8. The van der Waals surface area contributed by atoms with Gasteiger partial charge in [0.05, 0.1) is 0 Å². The van der Waals surface area contributed by atoms with Gasteiger partial charge in [-0.25, -0.2) is 4.99 Å². The second-order valence-corrected chi connectivity index (χ2v) is 6.52. The smallest absolute Gasteiger partial charge is 0.325 e. The van der Waals surface area contributed by atoms with Gasteiger partial charge in [-0.15, -0.1) is 0 Å². The molecule has 0 saturated carbocycles. The molecule has 1 rings (SSSR count). The SMILES string of the molecule is CCC=NC(=N)COc1ccc(NCC(=O)OC(C)(C)C)c(C(=N)N)c1. The molecule has 0 aliphatic rings. The van der Waals surface area contributed by atoms with Crippen molar-refractivity contribution in [3.05, 3.63) is 23.8 Å². The molecule has 0 atom stereocenters. The second kappa shape index (κ2) is 9.55. The number of nitrogens with zero attached hydrogens (tertiary/aromatic N) is 1. The van der Waals surface area contributed by atoms with Crippen LogP contribution in [-0.2, 0) is 9.53 Å². The highest BCUT2D eigenvalue weighted by Crippen LogP contribution is 2.22. The molecule has 0 aromatic heterocycles. The van der Waals surface area contributed by atoms with Crippen molar-refractivity contribution in [3.8, 4) is 5.75 Å². The van der Waals surface area contributed by atoms with E-state index in [1.54, 1.807) is 45.2 Å². The van der Waals surface area contributed by atoms with E-state index in [0.717, 1.165) is 6.42 Å². The minimum atomic E-state index is -0.565. The molecule has 1 aromatic rings. The van der Waals surface area contributed by atoms with Gasteiger partial charge in [0, 0.05) is 17.5 Å². The lowest BCUT2D eigenvalue weighted by Crippen LogP contribution is -2.28. The third kappa shape index (κ3) is 7.78. The molecule has 0 radical (unpaired) electrons. The van der Waals surface area contributed by atoms with Gasteiger partial charge in [-0.2, -0.15) is 0 Å². The van der Waals surface area contributed by atoms with E-state index < -0.39 is 11.6 Å². The van der Waals surface area contributed by atoms with Gasteiger partial charge in [-0.3, -0.25) is 15.6 Å². The zero-order chi connectivity index (χ0) is 19.7. The van der Waals surface area contributed by atoms with Crippen molar-refractivity contribution in [1.82, 2.24) is 0 Å². The monoisotopic (exact) mass is 361 g/mol. The Morgan fingerprint density at radius 1 is 1.35 bits per heavy atom. The lowest BCUT2D eigenvalue weighted by molar-refractivity contribution is -0.152. The van der Waals surface area contributed by atoms with Crippen molar-refractivity contribution in [3.63, 3.8) is 0 Å². The fourth-order valence-electron chi connectivity index (χ4n) is 1.93. The van der Waals surface area contributed by atoms with Crippen molar-refractivity contribution in [2.24, 2.45) is 10.7 Å². The maximum Gasteiger partial charge on any atom is 0.325 e. The maximum atomic E-state index is 11.8. The first-order valence-corrected chi connectivity index (χ1v) is 8.29. The molecule has 0 unspecified atom stereocenters. The quantitative estimate of drug-likeness (QED) is 0.321. The number of nitrogen functional groups attached to an aromatic ring is 1. The Morgan fingerprint density at radius 2 is 2.04 bits per heavy atom. The van der Waals surface area contributed by atoms with Crippen LogP contribution in [0.15, 0.2) is 23.2 Å². The summed E-state index contributed by atoms with van der Waals surface area (Å²) in [7, 11) is 0. The summed E-state index contributed by atoms with van der Waals surface area (Å²) in [6, 6.07) is 4.91. The molecular weight excluding hydrogens is 334 g/mol. The Hall–Kier alpha value is -2.90. The number of amidine groups is 2. The van der Waals surface area contributed by atoms with Gasteiger partial charge in [0.25, 0.3) is 0 Å². The minimum absolute atomic E-state index is 0.0124. The van der Waals surface area contributed by atoms with Gasteiger partial charge in [0.15, 0.2) is 5.84 Å². The molecule has 1 aromatic carbocycles. The van der Waals surface area contributed by atoms with E-state index >= 15 is 0 Å². The summed E-state index contributed by atoms with van der Waals surface area (Å²) in [6.07, 6.45) is 2.38. The van der Waals surface area contributed by atoms with Gasteiger partial charge in [-0.1, -0.05) is 6.92 Å². The van der Waals surface area contributed by atoms with Crippen molar-refractivity contribution in [2.75, 3.05) is 18.5 Å². The topological polar surface area (TPSA) is 134 Å². The molecular formula is C18H27N5O3. The number of hydrogen-bond donors (Lipinski definition) is 4. The maximum absolute atomic E-state index is 11.8. The average Bonchev–Trinajstić information content (AvgIpc) is 2.54. The Morgan fingerprint density at radius 3 is 2.62 bits per heavy atom. The molecule has 0 aliphatic heterocycles.